The van der Waals surface area contributed by atoms with Crippen LogP contribution in [0.5, 0.6) is 0 Å². The summed E-state index contributed by atoms with van der Waals surface area (Å²) in [4.78, 5) is 25.6. The van der Waals surface area contributed by atoms with E-state index in [1.165, 1.54) is 19.8 Å². The summed E-state index contributed by atoms with van der Waals surface area (Å²) in [7, 11) is 0. The predicted molar refractivity (Wildman–Crippen MR) is 83.3 cm³/mol. The first kappa shape index (κ1) is 15.5. The smallest absolute Gasteiger partial charge is 0.251 e. The van der Waals surface area contributed by atoms with E-state index in [2.05, 4.69) is 22.5 Å². The molecule has 1 fully saturated rings. The van der Waals surface area contributed by atoms with Gasteiger partial charge in [-0.25, -0.2) is 0 Å². The summed E-state index contributed by atoms with van der Waals surface area (Å²) in [6.45, 7) is 6.47. The number of anilines is 1. The number of benzene rings is 1. The highest BCUT2D eigenvalue weighted by molar-refractivity contribution is 5.96. The normalized spacial score (nSPS) is 16.5. The fourth-order valence-corrected chi connectivity index (χ4v) is 2.60. The van der Waals surface area contributed by atoms with Gasteiger partial charge in [0.25, 0.3) is 5.91 Å². The molecule has 1 heterocycles. The van der Waals surface area contributed by atoms with Crippen LogP contribution >= 0.6 is 0 Å². The van der Waals surface area contributed by atoms with E-state index >= 15 is 0 Å². The summed E-state index contributed by atoms with van der Waals surface area (Å²) in [6.07, 6.45) is 2.49. The molecular formula is C16H23N3O2. The van der Waals surface area contributed by atoms with Gasteiger partial charge in [-0.1, -0.05) is 6.07 Å². The summed E-state index contributed by atoms with van der Waals surface area (Å²) >= 11 is 0. The number of hydrogen-bond donors (Lipinski definition) is 2. The molecule has 0 saturated carbocycles. The Labute approximate surface area is 125 Å². The molecule has 0 aliphatic carbocycles. The van der Waals surface area contributed by atoms with E-state index in [-0.39, 0.29) is 11.8 Å². The van der Waals surface area contributed by atoms with E-state index in [4.69, 9.17) is 0 Å². The van der Waals surface area contributed by atoms with E-state index in [9.17, 15) is 9.59 Å². The van der Waals surface area contributed by atoms with Gasteiger partial charge in [0.2, 0.25) is 5.91 Å². The van der Waals surface area contributed by atoms with Crippen molar-refractivity contribution in [3.63, 3.8) is 0 Å². The highest BCUT2D eigenvalue weighted by Crippen LogP contribution is 2.12. The Bertz CT molecular complexity index is 510. The molecule has 0 radical (unpaired) electrons. The number of rotatable bonds is 5. The Balaban J connectivity index is 1.89. The lowest BCUT2D eigenvalue weighted by molar-refractivity contribution is -0.114. The van der Waals surface area contributed by atoms with E-state index in [0.717, 1.165) is 13.1 Å². The third-order valence-electron chi connectivity index (χ3n) is 3.77. The van der Waals surface area contributed by atoms with Gasteiger partial charge in [-0.3, -0.25) is 14.5 Å². The first-order valence-corrected chi connectivity index (χ1v) is 7.46. The second kappa shape index (κ2) is 7.22. The van der Waals surface area contributed by atoms with Crippen LogP contribution in [0.25, 0.3) is 0 Å². The average Bonchev–Trinajstić information content (AvgIpc) is 2.98. The molecule has 1 unspecified atom stereocenters. The summed E-state index contributed by atoms with van der Waals surface area (Å²) in [5, 5.41) is 5.65. The molecule has 1 aliphatic heterocycles. The van der Waals surface area contributed by atoms with Crippen LogP contribution in [-0.2, 0) is 4.79 Å². The molecular weight excluding hydrogens is 266 g/mol. The van der Waals surface area contributed by atoms with E-state index in [1.54, 1.807) is 24.3 Å². The standard InChI is InChI=1S/C16H23N3O2/c1-12(19-8-3-4-9-19)11-17-16(21)14-6-5-7-15(10-14)18-13(2)20/h5-7,10,12H,3-4,8-9,11H2,1-2H3,(H,17,21)(H,18,20). The number of nitrogens with zero attached hydrogens (tertiary/aromatic N) is 1. The Kier molecular flexibility index (Phi) is 5.33. The van der Waals surface area contributed by atoms with Crippen molar-refractivity contribution in [2.75, 3.05) is 25.0 Å². The van der Waals surface area contributed by atoms with E-state index in [0.29, 0.717) is 23.8 Å². The van der Waals surface area contributed by atoms with Crippen molar-refractivity contribution in [2.45, 2.75) is 32.7 Å². The first-order valence-electron chi connectivity index (χ1n) is 7.46. The second-order valence-corrected chi connectivity index (χ2v) is 5.56. The zero-order valence-electron chi connectivity index (χ0n) is 12.7. The molecule has 1 aromatic rings. The molecule has 1 aromatic carbocycles. The fourth-order valence-electron chi connectivity index (χ4n) is 2.60. The highest BCUT2D eigenvalue weighted by Gasteiger charge is 2.18. The van der Waals surface area contributed by atoms with Crippen molar-refractivity contribution in [3.8, 4) is 0 Å². The average molecular weight is 289 g/mol. The topological polar surface area (TPSA) is 61.4 Å². The van der Waals surface area contributed by atoms with Gasteiger partial charge in [0.1, 0.15) is 0 Å². The number of carbonyl (C=O) groups is 2. The van der Waals surface area contributed by atoms with Gasteiger partial charge in [-0.2, -0.15) is 0 Å². The molecule has 0 bridgehead atoms. The molecule has 21 heavy (non-hydrogen) atoms. The number of carbonyl (C=O) groups excluding carboxylic acids is 2. The van der Waals surface area contributed by atoms with Crippen molar-refractivity contribution < 1.29 is 9.59 Å². The molecule has 5 nitrogen and oxygen atoms in total. The third kappa shape index (κ3) is 4.56. The first-order chi connectivity index (χ1) is 10.1. The quantitative estimate of drug-likeness (QED) is 0.870. The molecule has 0 spiro atoms. The predicted octanol–water partition coefficient (Wildman–Crippen LogP) is 1.86. The van der Waals surface area contributed by atoms with Gasteiger partial charge in [-0.05, 0) is 51.1 Å². The summed E-state index contributed by atoms with van der Waals surface area (Å²) < 4.78 is 0. The zero-order valence-corrected chi connectivity index (χ0v) is 12.7. The number of hydrogen-bond acceptors (Lipinski definition) is 3. The number of likely N-dealkylation sites (tertiary alicyclic amines) is 1. The van der Waals surface area contributed by atoms with Crippen LogP contribution in [0.1, 0.15) is 37.0 Å². The minimum absolute atomic E-state index is 0.103. The van der Waals surface area contributed by atoms with Crippen LogP contribution in [0.2, 0.25) is 0 Å². The highest BCUT2D eigenvalue weighted by atomic mass is 16.2. The summed E-state index contributed by atoms with van der Waals surface area (Å²) in [5.41, 5.74) is 1.21. The van der Waals surface area contributed by atoms with Crippen molar-refractivity contribution in [1.29, 1.82) is 0 Å². The van der Waals surface area contributed by atoms with Crippen molar-refractivity contribution in [2.24, 2.45) is 0 Å². The van der Waals surface area contributed by atoms with Crippen LogP contribution in [-0.4, -0.2) is 42.4 Å². The molecule has 0 aromatic heterocycles. The molecule has 2 amide bonds. The minimum atomic E-state index is -0.143. The van der Waals surface area contributed by atoms with Gasteiger partial charge < -0.3 is 10.6 Å². The van der Waals surface area contributed by atoms with Gasteiger partial charge in [0.15, 0.2) is 0 Å². The summed E-state index contributed by atoms with van der Waals surface area (Å²) in [6, 6.07) is 7.34. The maximum atomic E-state index is 12.2. The maximum absolute atomic E-state index is 12.2. The molecule has 2 N–H and O–H groups in total. The fraction of sp³-hybridized carbons (Fsp3) is 0.500. The number of amides is 2. The molecule has 1 atom stereocenters. The van der Waals surface area contributed by atoms with Crippen LogP contribution in [0.15, 0.2) is 24.3 Å². The Morgan fingerprint density at radius 1 is 1.29 bits per heavy atom. The Hall–Kier alpha value is -1.88. The Morgan fingerprint density at radius 3 is 2.67 bits per heavy atom. The molecule has 5 heteroatoms. The lowest BCUT2D eigenvalue weighted by Crippen LogP contribution is -2.40. The Morgan fingerprint density at radius 2 is 2.00 bits per heavy atom. The van der Waals surface area contributed by atoms with Gasteiger partial charge in [0, 0.05) is 30.8 Å². The van der Waals surface area contributed by atoms with Crippen LogP contribution < -0.4 is 10.6 Å². The monoisotopic (exact) mass is 289 g/mol. The SMILES string of the molecule is CC(=O)Nc1cccc(C(=O)NCC(C)N2CCCC2)c1. The van der Waals surface area contributed by atoms with Gasteiger partial charge >= 0.3 is 0 Å². The van der Waals surface area contributed by atoms with Crippen LogP contribution in [0.3, 0.4) is 0 Å². The van der Waals surface area contributed by atoms with Crippen molar-refractivity contribution in [3.05, 3.63) is 29.8 Å². The van der Waals surface area contributed by atoms with Crippen LogP contribution in [0, 0.1) is 0 Å². The molecule has 2 rings (SSSR count). The third-order valence-corrected chi connectivity index (χ3v) is 3.77. The van der Waals surface area contributed by atoms with Gasteiger partial charge in [0.05, 0.1) is 0 Å². The minimum Gasteiger partial charge on any atom is -0.350 e. The zero-order chi connectivity index (χ0) is 15.2. The van der Waals surface area contributed by atoms with Gasteiger partial charge in [-0.15, -0.1) is 0 Å². The lowest BCUT2D eigenvalue weighted by Gasteiger charge is -2.23. The lowest BCUT2D eigenvalue weighted by atomic mass is 10.2. The van der Waals surface area contributed by atoms with Crippen molar-refractivity contribution in [1.82, 2.24) is 10.2 Å². The van der Waals surface area contributed by atoms with E-state index < -0.39 is 0 Å². The second-order valence-electron chi connectivity index (χ2n) is 5.56. The molecule has 1 aliphatic rings. The molecule has 114 valence electrons. The largest absolute Gasteiger partial charge is 0.350 e. The van der Waals surface area contributed by atoms with Crippen molar-refractivity contribution >= 4 is 17.5 Å². The van der Waals surface area contributed by atoms with Crippen LogP contribution in [0.4, 0.5) is 5.69 Å². The molecule has 1 saturated heterocycles. The van der Waals surface area contributed by atoms with E-state index in [1.807, 2.05) is 0 Å². The summed E-state index contributed by atoms with van der Waals surface area (Å²) in [5.74, 6) is -0.247. The number of nitrogens with one attached hydrogen (secondary N) is 2. The maximum Gasteiger partial charge on any atom is 0.251 e.